The van der Waals surface area contributed by atoms with Crippen LogP contribution in [0.25, 0.3) is 27.8 Å². The number of aromatic amines is 1. The smallest absolute Gasteiger partial charge is 0.222 e. The Morgan fingerprint density at radius 2 is 2.03 bits per heavy atom. The van der Waals surface area contributed by atoms with E-state index in [4.69, 9.17) is 4.55 Å². The van der Waals surface area contributed by atoms with Gasteiger partial charge in [-0.05, 0) is 72.9 Å². The molecule has 1 aliphatic heterocycles. The van der Waals surface area contributed by atoms with E-state index in [1.807, 2.05) is 15.6 Å². The van der Waals surface area contributed by atoms with Crippen LogP contribution >= 0.6 is 0 Å². The number of H-pyrrole nitrogens is 1. The van der Waals surface area contributed by atoms with Crippen LogP contribution in [0.5, 0.6) is 0 Å². The molecular formula is C27H33N5O3S. The van der Waals surface area contributed by atoms with E-state index in [2.05, 4.69) is 60.1 Å². The van der Waals surface area contributed by atoms with Crippen molar-refractivity contribution in [2.45, 2.75) is 58.3 Å². The van der Waals surface area contributed by atoms with E-state index in [0.717, 1.165) is 53.9 Å². The summed E-state index contributed by atoms with van der Waals surface area (Å²) in [6.07, 6.45) is 6.28. The molecule has 190 valence electrons. The van der Waals surface area contributed by atoms with Gasteiger partial charge in [0.05, 0.1) is 5.69 Å². The lowest BCUT2D eigenvalue weighted by atomic mass is 9.87. The Labute approximate surface area is 213 Å². The summed E-state index contributed by atoms with van der Waals surface area (Å²) >= 11 is -1.83. The maximum Gasteiger partial charge on any atom is 0.222 e. The van der Waals surface area contributed by atoms with Crippen molar-refractivity contribution in [3.8, 4) is 11.3 Å². The van der Waals surface area contributed by atoms with E-state index < -0.39 is 11.1 Å². The lowest BCUT2D eigenvalue weighted by molar-refractivity contribution is -0.132. The van der Waals surface area contributed by atoms with Crippen molar-refractivity contribution >= 4 is 33.5 Å². The Balaban J connectivity index is 1.39. The van der Waals surface area contributed by atoms with E-state index >= 15 is 0 Å². The number of amides is 1. The molecule has 1 amide bonds. The Morgan fingerprint density at radius 1 is 1.25 bits per heavy atom. The van der Waals surface area contributed by atoms with Gasteiger partial charge in [-0.15, -0.1) is 0 Å². The predicted molar refractivity (Wildman–Crippen MR) is 143 cm³/mol. The van der Waals surface area contributed by atoms with Gasteiger partial charge in [-0.2, -0.15) is 5.10 Å². The van der Waals surface area contributed by atoms with E-state index in [9.17, 15) is 9.00 Å². The summed E-state index contributed by atoms with van der Waals surface area (Å²) in [5.74, 6) is 0.996. The van der Waals surface area contributed by atoms with Gasteiger partial charge >= 0.3 is 0 Å². The SMILES string of the molecule is Cc1cc(-c2[nH]c3ccc(C4CCN(C(=O)CCCS(=O)O)CC4)cc3c2C(C)C)cn2ncnc12. The first kappa shape index (κ1) is 24.6. The summed E-state index contributed by atoms with van der Waals surface area (Å²) in [4.78, 5) is 22.4. The van der Waals surface area contributed by atoms with E-state index in [0.29, 0.717) is 24.7 Å². The van der Waals surface area contributed by atoms with Gasteiger partial charge in [-0.3, -0.25) is 4.79 Å². The zero-order valence-electron chi connectivity index (χ0n) is 21.0. The first-order chi connectivity index (χ1) is 17.3. The average Bonchev–Trinajstić information content (AvgIpc) is 3.48. The molecule has 0 bridgehead atoms. The number of fused-ring (bicyclic) bond motifs is 2. The van der Waals surface area contributed by atoms with Crippen molar-refractivity contribution in [3.63, 3.8) is 0 Å². The highest BCUT2D eigenvalue weighted by atomic mass is 32.2. The second-order valence-electron chi connectivity index (χ2n) is 10.1. The number of aryl methyl sites for hydroxylation is 1. The summed E-state index contributed by atoms with van der Waals surface area (Å²) in [7, 11) is 0. The Morgan fingerprint density at radius 3 is 2.75 bits per heavy atom. The average molecular weight is 508 g/mol. The fraction of sp³-hybridized carbons (Fsp3) is 0.444. The minimum absolute atomic E-state index is 0.0892. The number of pyridine rings is 1. The highest BCUT2D eigenvalue weighted by molar-refractivity contribution is 7.79. The molecule has 1 saturated heterocycles. The maximum absolute atomic E-state index is 12.5. The van der Waals surface area contributed by atoms with Gasteiger partial charge in [0.15, 0.2) is 16.7 Å². The number of benzene rings is 1. The van der Waals surface area contributed by atoms with E-state index in [1.54, 1.807) is 6.33 Å². The molecule has 0 saturated carbocycles. The molecular weight excluding hydrogens is 474 g/mol. The van der Waals surface area contributed by atoms with Crippen molar-refractivity contribution in [2.24, 2.45) is 0 Å². The van der Waals surface area contributed by atoms with Crippen LogP contribution in [0.2, 0.25) is 0 Å². The number of hydrogen-bond acceptors (Lipinski definition) is 4. The van der Waals surface area contributed by atoms with Crippen LogP contribution in [0, 0.1) is 6.92 Å². The summed E-state index contributed by atoms with van der Waals surface area (Å²) in [6, 6.07) is 8.92. The standard InChI is InChI=1S/C27H33N5O3S/c1-17(2)25-22-14-20(19-8-10-31(11-9-19)24(33)5-4-12-36(34)35)6-7-23(22)30-26(25)21-13-18(3)27-28-16-29-32(27)15-21/h6-7,13-17,19,30H,4-5,8-12H2,1-3H3,(H,34,35). The molecule has 1 fully saturated rings. The zero-order valence-corrected chi connectivity index (χ0v) is 21.8. The van der Waals surface area contributed by atoms with Crippen molar-refractivity contribution in [1.29, 1.82) is 0 Å². The Hall–Kier alpha value is -3.04. The topological polar surface area (TPSA) is 104 Å². The van der Waals surface area contributed by atoms with Crippen LogP contribution in [0.1, 0.15) is 68.1 Å². The fourth-order valence-corrected chi connectivity index (χ4v) is 5.90. The van der Waals surface area contributed by atoms with Crippen LogP contribution in [0.15, 0.2) is 36.8 Å². The van der Waals surface area contributed by atoms with Gasteiger partial charge < -0.3 is 14.4 Å². The Bertz CT molecular complexity index is 1430. The summed E-state index contributed by atoms with van der Waals surface area (Å²) in [5.41, 5.74) is 7.94. The minimum Gasteiger partial charge on any atom is -0.354 e. The van der Waals surface area contributed by atoms with Crippen LogP contribution < -0.4 is 0 Å². The highest BCUT2D eigenvalue weighted by Crippen LogP contribution is 2.38. The molecule has 3 aromatic heterocycles. The van der Waals surface area contributed by atoms with Gasteiger partial charge in [0.25, 0.3) is 0 Å². The lowest BCUT2D eigenvalue weighted by Crippen LogP contribution is -2.37. The lowest BCUT2D eigenvalue weighted by Gasteiger charge is -2.32. The van der Waals surface area contributed by atoms with Gasteiger partial charge in [0, 0.05) is 47.9 Å². The molecule has 1 atom stereocenters. The second-order valence-corrected chi connectivity index (χ2v) is 11.1. The molecule has 9 heteroatoms. The number of carbonyl (C=O) groups is 1. The zero-order chi connectivity index (χ0) is 25.4. The molecule has 1 aromatic carbocycles. The van der Waals surface area contributed by atoms with Gasteiger partial charge in [0.2, 0.25) is 5.91 Å². The normalized spacial score (nSPS) is 15.9. The quantitative estimate of drug-likeness (QED) is 0.342. The summed E-state index contributed by atoms with van der Waals surface area (Å²) < 4.78 is 21.6. The first-order valence-corrected chi connectivity index (χ1v) is 13.9. The van der Waals surface area contributed by atoms with Crippen molar-refractivity contribution < 1.29 is 13.6 Å². The molecule has 4 heterocycles. The first-order valence-electron chi connectivity index (χ1n) is 12.6. The molecule has 0 aliphatic carbocycles. The number of nitrogens with one attached hydrogen (secondary N) is 1. The molecule has 8 nitrogen and oxygen atoms in total. The van der Waals surface area contributed by atoms with Crippen LogP contribution in [0.3, 0.4) is 0 Å². The minimum atomic E-state index is -1.83. The van der Waals surface area contributed by atoms with Crippen molar-refractivity contribution in [3.05, 3.63) is 53.5 Å². The van der Waals surface area contributed by atoms with E-state index in [-0.39, 0.29) is 11.7 Å². The Kier molecular flexibility index (Phi) is 6.94. The number of nitrogens with zero attached hydrogens (tertiary/aromatic N) is 4. The third-order valence-electron chi connectivity index (χ3n) is 7.32. The number of likely N-dealkylation sites (tertiary alicyclic amines) is 1. The number of carbonyl (C=O) groups excluding carboxylic acids is 1. The largest absolute Gasteiger partial charge is 0.354 e. The highest BCUT2D eigenvalue weighted by Gasteiger charge is 2.25. The van der Waals surface area contributed by atoms with Gasteiger partial charge in [0.1, 0.15) is 6.33 Å². The summed E-state index contributed by atoms with van der Waals surface area (Å²) in [6.45, 7) is 7.99. The molecule has 0 radical (unpaired) electrons. The number of rotatable bonds is 7. The third kappa shape index (κ3) is 4.82. The van der Waals surface area contributed by atoms with Crippen LogP contribution in [0.4, 0.5) is 0 Å². The van der Waals surface area contributed by atoms with E-state index in [1.165, 1.54) is 16.5 Å². The van der Waals surface area contributed by atoms with Crippen molar-refractivity contribution in [1.82, 2.24) is 24.5 Å². The van der Waals surface area contributed by atoms with Crippen LogP contribution in [-0.4, -0.2) is 58.0 Å². The number of piperidine rings is 1. The molecule has 1 aliphatic rings. The number of aromatic nitrogens is 4. The maximum atomic E-state index is 12.5. The van der Waals surface area contributed by atoms with Crippen LogP contribution in [-0.2, 0) is 15.9 Å². The second kappa shape index (κ2) is 10.1. The van der Waals surface area contributed by atoms with Crippen molar-refractivity contribution in [2.75, 3.05) is 18.8 Å². The van der Waals surface area contributed by atoms with Gasteiger partial charge in [-0.25, -0.2) is 13.7 Å². The molecule has 36 heavy (non-hydrogen) atoms. The predicted octanol–water partition coefficient (Wildman–Crippen LogP) is 5.02. The fourth-order valence-electron chi connectivity index (χ4n) is 5.51. The number of hydrogen-bond donors (Lipinski definition) is 2. The third-order valence-corrected chi connectivity index (χ3v) is 7.95. The molecule has 4 aromatic rings. The molecule has 5 rings (SSSR count). The van der Waals surface area contributed by atoms with Gasteiger partial charge in [-0.1, -0.05) is 19.9 Å². The molecule has 2 N–H and O–H groups in total. The monoisotopic (exact) mass is 507 g/mol. The summed E-state index contributed by atoms with van der Waals surface area (Å²) in [5, 5.41) is 5.61. The molecule has 1 unspecified atom stereocenters. The molecule has 0 spiro atoms.